The molecule has 6 rings (SSSR count). The van der Waals surface area contributed by atoms with Crippen molar-refractivity contribution in [1.29, 1.82) is 0 Å². The van der Waals surface area contributed by atoms with Gasteiger partial charge in [0.05, 0.1) is 40.0 Å². The normalized spacial score (nSPS) is 38.6. The van der Waals surface area contributed by atoms with Crippen LogP contribution in [0.15, 0.2) is 11.6 Å². The van der Waals surface area contributed by atoms with Gasteiger partial charge in [-0.1, -0.05) is 60.1 Å². The van der Waals surface area contributed by atoms with Gasteiger partial charge in [0.1, 0.15) is 45.3 Å². The summed E-state index contributed by atoms with van der Waals surface area (Å²) in [5, 5.41) is 0. The Morgan fingerprint density at radius 3 is 1.99 bits per heavy atom. The Bertz CT molecular complexity index is 1840. The molecule has 0 bridgehead atoms. The van der Waals surface area contributed by atoms with Gasteiger partial charge in [-0.25, -0.2) is 14.4 Å². The highest BCUT2D eigenvalue weighted by Gasteiger charge is 2.70. The van der Waals surface area contributed by atoms with Crippen molar-refractivity contribution in [1.82, 2.24) is 0 Å². The Balaban J connectivity index is 1.34. The summed E-state index contributed by atoms with van der Waals surface area (Å²) in [6, 6.07) is 0. The SMILES string of the molecule is COCO[C@H]1[C@H](O[C@H]2CC[C@@]3(C)C(CC[C@]4(C)[C@@H]3CC=C3[C@@H]5CC(C)(C)CC[C@]5(C(=O)OC)CC[C@]34C)C2(C)C)O[C@H](C(=O)OC)[C@@H](OCOC)[C@@H]1O[C@@H](OCC(=O)OC)[C@H](OCOC)C(=O)OC. The molecule has 0 aromatic carbocycles. The second kappa shape index (κ2) is 22.1. The Morgan fingerprint density at radius 2 is 1.36 bits per heavy atom. The highest BCUT2D eigenvalue weighted by Crippen LogP contribution is 2.76. The monoisotopic (exact) mass is 983 g/mol. The minimum atomic E-state index is -1.70. The Morgan fingerprint density at radius 1 is 0.696 bits per heavy atom. The minimum Gasteiger partial charge on any atom is -0.469 e. The van der Waals surface area contributed by atoms with Crippen LogP contribution in [-0.2, 0) is 85.5 Å². The fraction of sp³-hybridized carbons (Fsp3) is 0.882. The molecule has 0 radical (unpaired) electrons. The van der Waals surface area contributed by atoms with Crippen LogP contribution in [0.2, 0.25) is 0 Å². The van der Waals surface area contributed by atoms with E-state index in [9.17, 15) is 19.2 Å². The van der Waals surface area contributed by atoms with Crippen LogP contribution < -0.4 is 0 Å². The second-order valence-electron chi connectivity index (χ2n) is 22.2. The molecule has 0 aromatic heterocycles. The number of carbonyl (C=O) groups excluding carboxylic acids is 4. The first-order valence-corrected chi connectivity index (χ1v) is 24.5. The van der Waals surface area contributed by atoms with Crippen molar-refractivity contribution >= 4 is 23.9 Å². The van der Waals surface area contributed by atoms with Crippen LogP contribution in [0.1, 0.15) is 113 Å². The van der Waals surface area contributed by atoms with Gasteiger partial charge in [-0.05, 0) is 109 Å². The number of hydrogen-bond donors (Lipinski definition) is 0. The molecule has 0 amide bonds. The molecule has 5 aliphatic carbocycles. The average Bonchev–Trinajstić information content (AvgIpc) is 3.32. The van der Waals surface area contributed by atoms with Crippen LogP contribution in [0.5, 0.6) is 0 Å². The lowest BCUT2D eigenvalue weighted by atomic mass is 9.33. The third-order valence-electron chi connectivity index (χ3n) is 18.1. The van der Waals surface area contributed by atoms with Crippen molar-refractivity contribution in [2.45, 2.75) is 162 Å². The Labute approximate surface area is 408 Å². The highest BCUT2D eigenvalue weighted by atomic mass is 16.8. The number of ether oxygens (including phenoxy) is 14. The molecule has 4 saturated carbocycles. The molecule has 6 aliphatic rings. The standard InChI is InChI=1S/C51H82O18/c1-46(2)21-23-51(45(55)62-14)24-22-49(6)30(31(51)25-46)15-16-33-48(5)19-18-34(47(3,4)32(48)17-20-50(33,49)7)67-44-39(65-28-57-9)37(36(64-27-56-8)38(69-44)41(53)60-12)68-43(63-26-35(52)59-11)40(42(54)61-13)66-29-58-10/h15,31-34,36-40,43-44H,16-29H2,1-14H3/t31-,32?,33+,34-,36-,37-,38-,39+,40+,43+,44+,48-,49+,50+,51-/m0/s1. The summed E-state index contributed by atoms with van der Waals surface area (Å²) in [6.45, 7) is 15.1. The zero-order chi connectivity index (χ0) is 50.7. The van der Waals surface area contributed by atoms with Crippen LogP contribution in [-0.4, -0.2) is 150 Å². The van der Waals surface area contributed by atoms with E-state index in [-0.39, 0.29) is 59.8 Å². The number of methoxy groups -OCH3 is 7. The lowest BCUT2D eigenvalue weighted by molar-refractivity contribution is -0.366. The predicted molar refractivity (Wildman–Crippen MR) is 245 cm³/mol. The summed E-state index contributed by atoms with van der Waals surface area (Å²) in [4.78, 5) is 53.3. The van der Waals surface area contributed by atoms with Crippen LogP contribution in [0.3, 0.4) is 0 Å². The van der Waals surface area contributed by atoms with E-state index >= 15 is 0 Å². The molecule has 1 heterocycles. The molecule has 18 heteroatoms. The number of hydrogen-bond acceptors (Lipinski definition) is 18. The fourth-order valence-electron chi connectivity index (χ4n) is 14.3. The summed E-state index contributed by atoms with van der Waals surface area (Å²) in [5.74, 6) is -1.80. The number of esters is 4. The molecule has 0 spiro atoms. The van der Waals surface area contributed by atoms with Crippen LogP contribution in [0.25, 0.3) is 0 Å². The minimum absolute atomic E-state index is 0.0153. The summed E-state index contributed by atoms with van der Waals surface area (Å²) >= 11 is 0. The average molecular weight is 983 g/mol. The van der Waals surface area contributed by atoms with E-state index < -0.39 is 84.5 Å². The third-order valence-corrected chi connectivity index (χ3v) is 18.1. The van der Waals surface area contributed by atoms with Gasteiger partial charge in [0.2, 0.25) is 6.10 Å². The van der Waals surface area contributed by atoms with Gasteiger partial charge >= 0.3 is 23.9 Å². The zero-order valence-corrected chi connectivity index (χ0v) is 43.7. The van der Waals surface area contributed by atoms with Gasteiger partial charge in [0, 0.05) is 21.3 Å². The highest BCUT2D eigenvalue weighted by molar-refractivity contribution is 5.79. The molecule has 69 heavy (non-hydrogen) atoms. The molecule has 1 saturated heterocycles. The smallest absolute Gasteiger partial charge is 0.340 e. The Hall–Kier alpha value is -2.78. The summed E-state index contributed by atoms with van der Waals surface area (Å²) in [5.41, 5.74) is 0.533. The van der Waals surface area contributed by atoms with Gasteiger partial charge < -0.3 is 66.3 Å². The molecular weight excluding hydrogens is 901 g/mol. The third kappa shape index (κ3) is 10.3. The molecular formula is C51H82O18. The lowest BCUT2D eigenvalue weighted by Crippen LogP contribution is -2.67. The van der Waals surface area contributed by atoms with Crippen molar-refractivity contribution < 1.29 is 85.5 Å². The number of fused-ring (bicyclic) bond motifs is 7. The molecule has 1 unspecified atom stereocenters. The van der Waals surface area contributed by atoms with Crippen molar-refractivity contribution in [3.05, 3.63) is 11.6 Å². The maximum absolute atomic E-state index is 13.8. The maximum atomic E-state index is 13.8. The number of rotatable bonds is 20. The van der Waals surface area contributed by atoms with Gasteiger partial charge in [0.15, 0.2) is 18.7 Å². The van der Waals surface area contributed by atoms with E-state index in [0.717, 1.165) is 64.9 Å². The molecule has 394 valence electrons. The number of allylic oxidation sites excluding steroid dienone is 2. The van der Waals surface area contributed by atoms with E-state index in [2.05, 4.69) is 54.5 Å². The molecule has 1 aliphatic heterocycles. The fourth-order valence-corrected chi connectivity index (χ4v) is 14.3. The summed E-state index contributed by atoms with van der Waals surface area (Å²) in [7, 11) is 9.31. The molecule has 15 atom stereocenters. The maximum Gasteiger partial charge on any atom is 0.340 e. The first kappa shape index (κ1) is 55.5. The predicted octanol–water partition coefficient (Wildman–Crippen LogP) is 6.29. The van der Waals surface area contributed by atoms with Crippen LogP contribution >= 0.6 is 0 Å². The van der Waals surface area contributed by atoms with Crippen molar-refractivity contribution in [3.63, 3.8) is 0 Å². The number of carbonyl (C=O) groups is 4. The molecule has 18 nitrogen and oxygen atoms in total. The largest absolute Gasteiger partial charge is 0.469 e. The first-order valence-electron chi connectivity index (χ1n) is 24.5. The van der Waals surface area contributed by atoms with Gasteiger partial charge in [-0.15, -0.1) is 0 Å². The van der Waals surface area contributed by atoms with E-state index in [1.807, 2.05) is 0 Å². The quantitative estimate of drug-likeness (QED) is 0.0434. The van der Waals surface area contributed by atoms with Gasteiger partial charge in [-0.3, -0.25) is 4.79 Å². The first-order chi connectivity index (χ1) is 32.6. The van der Waals surface area contributed by atoms with Crippen molar-refractivity contribution in [2.24, 2.45) is 50.2 Å². The van der Waals surface area contributed by atoms with Crippen molar-refractivity contribution in [2.75, 3.05) is 76.8 Å². The lowest BCUT2D eigenvalue weighted by Gasteiger charge is -2.71. The van der Waals surface area contributed by atoms with Crippen LogP contribution in [0.4, 0.5) is 0 Å². The molecule has 0 N–H and O–H groups in total. The molecule has 0 aromatic rings. The van der Waals surface area contributed by atoms with E-state index in [4.69, 9.17) is 66.3 Å². The zero-order valence-electron chi connectivity index (χ0n) is 43.7. The van der Waals surface area contributed by atoms with E-state index in [1.54, 1.807) is 7.11 Å². The summed E-state index contributed by atoms with van der Waals surface area (Å²) in [6.07, 6.45) is 1.22. The summed E-state index contributed by atoms with van der Waals surface area (Å²) < 4.78 is 80.9. The van der Waals surface area contributed by atoms with Gasteiger partial charge in [-0.2, -0.15) is 0 Å². The van der Waals surface area contributed by atoms with E-state index in [1.165, 1.54) is 41.1 Å². The van der Waals surface area contributed by atoms with E-state index in [0.29, 0.717) is 12.3 Å². The van der Waals surface area contributed by atoms with Gasteiger partial charge in [0.25, 0.3) is 0 Å². The second-order valence-corrected chi connectivity index (χ2v) is 22.2. The van der Waals surface area contributed by atoms with Crippen LogP contribution in [0, 0.1) is 50.2 Å². The topological polar surface area (TPSA) is 198 Å². The van der Waals surface area contributed by atoms with Crippen molar-refractivity contribution in [3.8, 4) is 0 Å². The molecule has 5 fully saturated rings. The Kier molecular flexibility index (Phi) is 17.8.